The molecule has 1 fully saturated rings. The van der Waals surface area contributed by atoms with Crippen molar-refractivity contribution in [3.8, 4) is 0 Å². The van der Waals surface area contributed by atoms with Gasteiger partial charge in [0.2, 0.25) is 0 Å². The maximum absolute atomic E-state index is 12.1. The van der Waals surface area contributed by atoms with Gasteiger partial charge in [-0.15, -0.1) is 0 Å². The summed E-state index contributed by atoms with van der Waals surface area (Å²) in [5, 5.41) is 6.74. The van der Waals surface area contributed by atoms with Gasteiger partial charge in [0, 0.05) is 43.9 Å². The monoisotopic (exact) mass is 336 g/mol. The lowest BCUT2D eigenvalue weighted by atomic mass is 10.2. The van der Waals surface area contributed by atoms with Gasteiger partial charge >= 0.3 is 0 Å². The van der Waals surface area contributed by atoms with Crippen LogP contribution >= 0.6 is 0 Å². The molecule has 0 saturated heterocycles. The van der Waals surface area contributed by atoms with Crippen molar-refractivity contribution in [3.05, 3.63) is 71.6 Å². The number of rotatable bonds is 7. The molecule has 128 valence electrons. The van der Waals surface area contributed by atoms with E-state index in [4.69, 9.17) is 4.52 Å². The summed E-state index contributed by atoms with van der Waals surface area (Å²) in [4.78, 5) is 16.5. The van der Waals surface area contributed by atoms with Crippen LogP contribution in [-0.4, -0.2) is 27.2 Å². The molecular formula is C19H20N4O2. The molecule has 1 N–H and O–H groups in total. The molecule has 2 aromatic heterocycles. The highest BCUT2D eigenvalue weighted by atomic mass is 16.5. The average molecular weight is 336 g/mol. The highest BCUT2D eigenvalue weighted by Crippen LogP contribution is 2.40. The van der Waals surface area contributed by atoms with E-state index in [1.165, 1.54) is 5.56 Å². The minimum Gasteiger partial charge on any atom is -0.360 e. The van der Waals surface area contributed by atoms with E-state index in [1.807, 2.05) is 24.4 Å². The van der Waals surface area contributed by atoms with Gasteiger partial charge in [0.15, 0.2) is 5.69 Å². The number of carbonyl (C=O) groups excluding carboxylic acids is 1. The molecule has 0 radical (unpaired) electrons. The number of nitrogens with zero attached hydrogens (tertiary/aromatic N) is 3. The second-order valence-corrected chi connectivity index (χ2v) is 6.35. The lowest BCUT2D eigenvalue weighted by molar-refractivity contribution is 0.0944. The van der Waals surface area contributed by atoms with Crippen molar-refractivity contribution in [3.63, 3.8) is 0 Å². The summed E-state index contributed by atoms with van der Waals surface area (Å²) in [6.45, 7) is 1.29. The maximum Gasteiger partial charge on any atom is 0.273 e. The van der Waals surface area contributed by atoms with E-state index in [9.17, 15) is 4.79 Å². The lowest BCUT2D eigenvalue weighted by Gasteiger charge is -2.08. The van der Waals surface area contributed by atoms with E-state index in [0.29, 0.717) is 24.6 Å². The van der Waals surface area contributed by atoms with Crippen molar-refractivity contribution in [2.24, 2.45) is 0 Å². The Morgan fingerprint density at radius 2 is 2.12 bits per heavy atom. The van der Waals surface area contributed by atoms with E-state index < -0.39 is 0 Å². The van der Waals surface area contributed by atoms with Crippen LogP contribution in [-0.2, 0) is 13.0 Å². The molecule has 6 nitrogen and oxygen atoms in total. The fraction of sp³-hybridized carbons (Fsp3) is 0.316. The molecule has 3 aromatic rings. The van der Waals surface area contributed by atoms with Crippen LogP contribution in [0.5, 0.6) is 0 Å². The van der Waals surface area contributed by atoms with Gasteiger partial charge in [-0.05, 0) is 18.4 Å². The van der Waals surface area contributed by atoms with Crippen LogP contribution in [0.2, 0.25) is 0 Å². The average Bonchev–Trinajstić information content (AvgIpc) is 3.20. The molecular weight excluding hydrogens is 316 g/mol. The Morgan fingerprint density at radius 3 is 2.92 bits per heavy atom. The fourth-order valence-electron chi connectivity index (χ4n) is 2.83. The molecule has 1 aliphatic carbocycles. The van der Waals surface area contributed by atoms with Gasteiger partial charge in [0.1, 0.15) is 11.6 Å². The molecule has 2 heterocycles. The fourth-order valence-corrected chi connectivity index (χ4v) is 2.83. The first kappa shape index (κ1) is 15.6. The molecule has 1 aliphatic rings. The Labute approximate surface area is 145 Å². The first-order valence-electron chi connectivity index (χ1n) is 8.58. The van der Waals surface area contributed by atoms with Crippen molar-refractivity contribution in [1.82, 2.24) is 20.0 Å². The molecule has 0 atom stereocenters. The third-order valence-corrected chi connectivity index (χ3v) is 4.37. The molecule has 1 amide bonds. The minimum absolute atomic E-state index is 0.197. The Morgan fingerprint density at radius 1 is 1.28 bits per heavy atom. The Bertz CT molecular complexity index is 849. The summed E-state index contributed by atoms with van der Waals surface area (Å²) < 4.78 is 7.32. The Hall–Kier alpha value is -2.89. The highest BCUT2D eigenvalue weighted by molar-refractivity contribution is 5.92. The second-order valence-electron chi connectivity index (χ2n) is 6.35. The molecule has 1 aromatic carbocycles. The number of nitrogens with one attached hydrogen (secondary N) is 1. The molecule has 1 saturated carbocycles. The second kappa shape index (κ2) is 6.93. The zero-order valence-corrected chi connectivity index (χ0v) is 13.9. The van der Waals surface area contributed by atoms with Crippen LogP contribution in [0.15, 0.2) is 53.3 Å². The summed E-state index contributed by atoms with van der Waals surface area (Å²) in [7, 11) is 0. The topological polar surface area (TPSA) is 73.0 Å². The molecule has 0 spiro atoms. The SMILES string of the molecule is O=C(NCCc1nccn1Cc1ccccc1)c1cc(C2CC2)on1. The van der Waals surface area contributed by atoms with Crippen molar-refractivity contribution >= 4 is 5.91 Å². The zero-order chi connectivity index (χ0) is 17.1. The summed E-state index contributed by atoms with van der Waals surface area (Å²) in [5.41, 5.74) is 1.58. The Kier molecular flexibility index (Phi) is 4.33. The summed E-state index contributed by atoms with van der Waals surface area (Å²) in [5.74, 6) is 2.03. The smallest absolute Gasteiger partial charge is 0.273 e. The predicted molar refractivity (Wildman–Crippen MR) is 92.3 cm³/mol. The van der Waals surface area contributed by atoms with E-state index >= 15 is 0 Å². The summed E-state index contributed by atoms with van der Waals surface area (Å²) >= 11 is 0. The lowest BCUT2D eigenvalue weighted by Crippen LogP contribution is -2.26. The van der Waals surface area contributed by atoms with E-state index in [0.717, 1.165) is 31.0 Å². The number of hydrogen-bond donors (Lipinski definition) is 1. The van der Waals surface area contributed by atoms with Crippen molar-refractivity contribution in [2.45, 2.75) is 31.7 Å². The number of hydrogen-bond acceptors (Lipinski definition) is 4. The third-order valence-electron chi connectivity index (χ3n) is 4.37. The predicted octanol–water partition coefficient (Wildman–Crippen LogP) is 2.77. The van der Waals surface area contributed by atoms with Crippen LogP contribution in [0, 0.1) is 0 Å². The number of benzene rings is 1. The van der Waals surface area contributed by atoms with E-state index in [-0.39, 0.29) is 5.91 Å². The highest BCUT2D eigenvalue weighted by Gasteiger charge is 2.28. The van der Waals surface area contributed by atoms with Gasteiger partial charge in [0.05, 0.1) is 0 Å². The zero-order valence-electron chi connectivity index (χ0n) is 13.9. The van der Waals surface area contributed by atoms with Gasteiger partial charge in [-0.3, -0.25) is 4.79 Å². The van der Waals surface area contributed by atoms with Crippen LogP contribution in [0.4, 0.5) is 0 Å². The quantitative estimate of drug-likeness (QED) is 0.720. The summed E-state index contributed by atoms with van der Waals surface area (Å²) in [6.07, 6.45) is 6.67. The number of imidazole rings is 1. The molecule has 6 heteroatoms. The maximum atomic E-state index is 12.1. The molecule has 25 heavy (non-hydrogen) atoms. The largest absolute Gasteiger partial charge is 0.360 e. The number of amides is 1. The number of aromatic nitrogens is 3. The first-order valence-corrected chi connectivity index (χ1v) is 8.58. The van der Waals surface area contributed by atoms with Crippen LogP contribution in [0.3, 0.4) is 0 Å². The minimum atomic E-state index is -0.197. The normalized spacial score (nSPS) is 13.8. The van der Waals surface area contributed by atoms with Crippen LogP contribution in [0.25, 0.3) is 0 Å². The van der Waals surface area contributed by atoms with Crippen LogP contribution in [0.1, 0.15) is 46.4 Å². The van der Waals surface area contributed by atoms with E-state index in [1.54, 1.807) is 12.3 Å². The Balaban J connectivity index is 1.31. The standard InChI is InChI=1S/C19H20N4O2/c24-19(16-12-17(25-22-16)15-6-7-15)21-9-8-18-20-10-11-23(18)13-14-4-2-1-3-5-14/h1-5,10-12,15H,6-9,13H2,(H,21,24). The summed E-state index contributed by atoms with van der Waals surface area (Å²) in [6, 6.07) is 12.0. The van der Waals surface area contributed by atoms with Crippen LogP contribution < -0.4 is 5.32 Å². The molecule has 0 bridgehead atoms. The number of carbonyl (C=O) groups is 1. The van der Waals surface area contributed by atoms with E-state index in [2.05, 4.69) is 32.2 Å². The van der Waals surface area contributed by atoms with Crippen molar-refractivity contribution < 1.29 is 9.32 Å². The van der Waals surface area contributed by atoms with Gasteiger partial charge in [-0.25, -0.2) is 4.98 Å². The van der Waals surface area contributed by atoms with Crippen molar-refractivity contribution in [1.29, 1.82) is 0 Å². The van der Waals surface area contributed by atoms with Gasteiger partial charge in [0.25, 0.3) is 5.91 Å². The molecule has 0 aliphatic heterocycles. The van der Waals surface area contributed by atoms with Crippen molar-refractivity contribution in [2.75, 3.05) is 6.54 Å². The van der Waals surface area contributed by atoms with Gasteiger partial charge in [-0.1, -0.05) is 35.5 Å². The molecule has 0 unspecified atom stereocenters. The molecule has 4 rings (SSSR count). The van der Waals surface area contributed by atoms with Gasteiger partial charge in [-0.2, -0.15) is 0 Å². The first-order chi connectivity index (χ1) is 12.3. The van der Waals surface area contributed by atoms with Gasteiger partial charge < -0.3 is 14.4 Å². The third kappa shape index (κ3) is 3.79.